The van der Waals surface area contributed by atoms with E-state index in [4.69, 9.17) is 0 Å². The summed E-state index contributed by atoms with van der Waals surface area (Å²) in [7, 11) is 1.91. The highest BCUT2D eigenvalue weighted by molar-refractivity contribution is 5.94. The topological polar surface area (TPSA) is 41.1 Å². The van der Waals surface area contributed by atoms with Gasteiger partial charge < -0.3 is 10.6 Å². The van der Waals surface area contributed by atoms with E-state index in [1.165, 1.54) is 5.56 Å². The van der Waals surface area contributed by atoms with Gasteiger partial charge >= 0.3 is 0 Å². The summed E-state index contributed by atoms with van der Waals surface area (Å²) in [6.45, 7) is 6.75. The van der Waals surface area contributed by atoms with Crippen LogP contribution in [0.4, 0.5) is 5.69 Å². The number of anilines is 1. The Balaban J connectivity index is 2.75. The molecule has 0 aliphatic rings. The van der Waals surface area contributed by atoms with Crippen LogP contribution in [0, 0.1) is 5.41 Å². The smallest absolute Gasteiger partial charge is 0.230 e. The van der Waals surface area contributed by atoms with E-state index >= 15 is 0 Å². The van der Waals surface area contributed by atoms with E-state index in [-0.39, 0.29) is 11.3 Å². The molecule has 2 N–H and O–H groups in total. The maximum absolute atomic E-state index is 12.0. The molecule has 1 rings (SSSR count). The third kappa shape index (κ3) is 3.86. The molecule has 1 amide bonds. The molecule has 0 spiro atoms. The fourth-order valence-electron chi connectivity index (χ4n) is 1.42. The van der Waals surface area contributed by atoms with Gasteiger partial charge in [0.05, 0.1) is 0 Å². The van der Waals surface area contributed by atoms with Gasteiger partial charge in [0, 0.05) is 17.6 Å². The number of hydrogen-bond donors (Lipinski definition) is 2. The zero-order valence-corrected chi connectivity index (χ0v) is 11.1. The third-order valence-electron chi connectivity index (χ3n) is 3.06. The molecule has 0 aliphatic heterocycles. The van der Waals surface area contributed by atoms with E-state index < -0.39 is 0 Å². The minimum Gasteiger partial charge on any atom is -0.326 e. The van der Waals surface area contributed by atoms with Crippen LogP contribution in [-0.2, 0) is 11.3 Å². The fourth-order valence-corrected chi connectivity index (χ4v) is 1.42. The molecule has 3 nitrogen and oxygen atoms in total. The van der Waals surface area contributed by atoms with E-state index in [2.05, 4.69) is 10.6 Å². The number of rotatable bonds is 5. The molecule has 3 heteroatoms. The van der Waals surface area contributed by atoms with Gasteiger partial charge in [0.15, 0.2) is 0 Å². The first kappa shape index (κ1) is 13.7. The van der Waals surface area contributed by atoms with Crippen LogP contribution in [0.5, 0.6) is 0 Å². The molecule has 0 atom stereocenters. The highest BCUT2D eigenvalue weighted by Crippen LogP contribution is 2.22. The first-order valence-corrected chi connectivity index (χ1v) is 6.04. The summed E-state index contributed by atoms with van der Waals surface area (Å²) in [6, 6.07) is 7.92. The number of amides is 1. The lowest BCUT2D eigenvalue weighted by Crippen LogP contribution is -2.30. The number of benzene rings is 1. The van der Waals surface area contributed by atoms with E-state index in [0.717, 1.165) is 18.7 Å². The van der Waals surface area contributed by atoms with Gasteiger partial charge in [-0.15, -0.1) is 0 Å². The van der Waals surface area contributed by atoms with E-state index in [0.29, 0.717) is 0 Å². The maximum atomic E-state index is 12.0. The molecule has 0 aliphatic carbocycles. The standard InChI is InChI=1S/C14H22N2O/c1-5-14(2,3)13(17)16-12-8-6-7-11(9-12)10-15-4/h6-9,15H,5,10H2,1-4H3,(H,16,17). The Kier molecular flexibility index (Phi) is 4.70. The Morgan fingerprint density at radius 1 is 1.35 bits per heavy atom. The summed E-state index contributed by atoms with van der Waals surface area (Å²) < 4.78 is 0. The molecule has 0 saturated carbocycles. The molecule has 0 saturated heterocycles. The molecule has 1 aromatic carbocycles. The van der Waals surface area contributed by atoms with Crippen molar-refractivity contribution in [3.8, 4) is 0 Å². The van der Waals surface area contributed by atoms with Crippen molar-refractivity contribution in [1.29, 1.82) is 0 Å². The van der Waals surface area contributed by atoms with Crippen molar-refractivity contribution in [1.82, 2.24) is 5.32 Å². The summed E-state index contributed by atoms with van der Waals surface area (Å²) in [5.41, 5.74) is 1.71. The molecular weight excluding hydrogens is 212 g/mol. The summed E-state index contributed by atoms with van der Waals surface area (Å²) in [6.07, 6.45) is 0.828. The van der Waals surface area contributed by atoms with Crippen LogP contribution >= 0.6 is 0 Å². The van der Waals surface area contributed by atoms with Crippen molar-refractivity contribution in [3.63, 3.8) is 0 Å². The number of nitrogens with one attached hydrogen (secondary N) is 2. The van der Waals surface area contributed by atoms with E-state index in [1.54, 1.807) is 0 Å². The third-order valence-corrected chi connectivity index (χ3v) is 3.06. The molecule has 0 fully saturated rings. The average molecular weight is 234 g/mol. The number of carbonyl (C=O) groups is 1. The summed E-state index contributed by atoms with van der Waals surface area (Å²) >= 11 is 0. The van der Waals surface area contributed by atoms with Gasteiger partial charge in [-0.05, 0) is 31.2 Å². The van der Waals surface area contributed by atoms with Gasteiger partial charge in [-0.2, -0.15) is 0 Å². The second kappa shape index (κ2) is 5.82. The Hall–Kier alpha value is -1.35. The molecular formula is C14H22N2O. The van der Waals surface area contributed by atoms with Crippen LogP contribution in [-0.4, -0.2) is 13.0 Å². The Morgan fingerprint density at radius 2 is 2.06 bits per heavy atom. The minimum absolute atomic E-state index is 0.0709. The largest absolute Gasteiger partial charge is 0.326 e. The summed E-state index contributed by atoms with van der Waals surface area (Å²) in [5, 5.41) is 6.06. The molecule has 0 unspecified atom stereocenters. The molecule has 0 heterocycles. The normalized spacial score (nSPS) is 11.3. The zero-order chi connectivity index (χ0) is 12.9. The van der Waals surface area contributed by atoms with Crippen LogP contribution in [0.3, 0.4) is 0 Å². The predicted octanol–water partition coefficient (Wildman–Crippen LogP) is 2.78. The fraction of sp³-hybridized carbons (Fsp3) is 0.500. The van der Waals surface area contributed by atoms with Gasteiger partial charge in [-0.25, -0.2) is 0 Å². The molecule has 1 aromatic rings. The van der Waals surface area contributed by atoms with Gasteiger partial charge in [0.2, 0.25) is 5.91 Å². The molecule has 0 aromatic heterocycles. The van der Waals surface area contributed by atoms with E-state index in [9.17, 15) is 4.79 Å². The van der Waals surface area contributed by atoms with Crippen molar-refractivity contribution in [2.75, 3.05) is 12.4 Å². The highest BCUT2D eigenvalue weighted by Gasteiger charge is 2.25. The Bertz CT molecular complexity index is 386. The average Bonchev–Trinajstić information content (AvgIpc) is 2.30. The number of carbonyl (C=O) groups excluding carboxylic acids is 1. The maximum Gasteiger partial charge on any atom is 0.230 e. The Morgan fingerprint density at radius 3 is 2.65 bits per heavy atom. The van der Waals surface area contributed by atoms with Crippen molar-refractivity contribution in [2.45, 2.75) is 33.7 Å². The van der Waals surface area contributed by atoms with Gasteiger partial charge in [0.1, 0.15) is 0 Å². The lowest BCUT2D eigenvalue weighted by Gasteiger charge is -2.21. The monoisotopic (exact) mass is 234 g/mol. The van der Waals surface area contributed by atoms with Crippen LogP contribution in [0.2, 0.25) is 0 Å². The minimum atomic E-state index is -0.320. The second-order valence-electron chi connectivity index (χ2n) is 4.92. The van der Waals surface area contributed by atoms with Crippen LogP contribution in [0.15, 0.2) is 24.3 Å². The molecule has 94 valence electrons. The van der Waals surface area contributed by atoms with Crippen LogP contribution in [0.1, 0.15) is 32.8 Å². The first-order valence-electron chi connectivity index (χ1n) is 6.04. The molecule has 0 radical (unpaired) electrons. The molecule has 17 heavy (non-hydrogen) atoms. The summed E-state index contributed by atoms with van der Waals surface area (Å²) in [4.78, 5) is 12.0. The van der Waals surface area contributed by atoms with Gasteiger partial charge in [-0.3, -0.25) is 4.79 Å². The van der Waals surface area contributed by atoms with Crippen LogP contribution in [0.25, 0.3) is 0 Å². The zero-order valence-electron chi connectivity index (χ0n) is 11.1. The van der Waals surface area contributed by atoms with Gasteiger partial charge in [-0.1, -0.05) is 32.9 Å². The number of hydrogen-bond acceptors (Lipinski definition) is 2. The highest BCUT2D eigenvalue weighted by atomic mass is 16.2. The predicted molar refractivity (Wildman–Crippen MR) is 71.9 cm³/mol. The SMILES string of the molecule is CCC(C)(C)C(=O)Nc1cccc(CNC)c1. The molecule has 0 bridgehead atoms. The van der Waals surface area contributed by atoms with Crippen molar-refractivity contribution >= 4 is 11.6 Å². The lowest BCUT2D eigenvalue weighted by molar-refractivity contribution is -0.124. The Labute approximate surface area is 104 Å². The van der Waals surface area contributed by atoms with Crippen LogP contribution < -0.4 is 10.6 Å². The van der Waals surface area contributed by atoms with Gasteiger partial charge in [0.25, 0.3) is 0 Å². The first-order chi connectivity index (χ1) is 7.99. The van der Waals surface area contributed by atoms with Crippen molar-refractivity contribution < 1.29 is 4.79 Å². The van der Waals surface area contributed by atoms with E-state index in [1.807, 2.05) is 52.1 Å². The lowest BCUT2D eigenvalue weighted by atomic mass is 9.89. The quantitative estimate of drug-likeness (QED) is 0.822. The summed E-state index contributed by atoms with van der Waals surface area (Å²) in [5.74, 6) is 0.0709. The van der Waals surface area contributed by atoms with Crippen molar-refractivity contribution in [3.05, 3.63) is 29.8 Å². The van der Waals surface area contributed by atoms with Crippen molar-refractivity contribution in [2.24, 2.45) is 5.41 Å². The second-order valence-corrected chi connectivity index (χ2v) is 4.92.